The lowest BCUT2D eigenvalue weighted by Gasteiger charge is -2.28. The smallest absolute Gasteiger partial charge is 0.243 e. The van der Waals surface area contributed by atoms with Crippen LogP contribution in [0.1, 0.15) is 31.2 Å². The van der Waals surface area contributed by atoms with E-state index < -0.39 is 0 Å². The van der Waals surface area contributed by atoms with Crippen LogP contribution in [0.5, 0.6) is 0 Å². The largest absolute Gasteiger partial charge is 0.381 e. The monoisotopic (exact) mass is 316 g/mol. The molecular formula is C18H24N2O3. The summed E-state index contributed by atoms with van der Waals surface area (Å²) >= 11 is 0. The van der Waals surface area contributed by atoms with Crippen molar-refractivity contribution < 1.29 is 14.3 Å². The van der Waals surface area contributed by atoms with Crippen molar-refractivity contribution in [3.05, 3.63) is 35.9 Å². The first kappa shape index (κ1) is 16.0. The minimum atomic E-state index is -0.311. The van der Waals surface area contributed by atoms with E-state index in [1.807, 2.05) is 30.3 Å². The molecule has 0 saturated carbocycles. The number of amides is 2. The number of carbonyl (C=O) groups excluding carboxylic acids is 2. The van der Waals surface area contributed by atoms with E-state index in [0.717, 1.165) is 31.2 Å². The van der Waals surface area contributed by atoms with Gasteiger partial charge in [-0.25, -0.2) is 0 Å². The highest BCUT2D eigenvalue weighted by Crippen LogP contribution is 2.20. The van der Waals surface area contributed by atoms with Crippen molar-refractivity contribution in [2.75, 3.05) is 19.8 Å². The number of hydrogen-bond acceptors (Lipinski definition) is 3. The van der Waals surface area contributed by atoms with Crippen molar-refractivity contribution in [2.45, 2.75) is 44.2 Å². The van der Waals surface area contributed by atoms with Gasteiger partial charge < -0.3 is 15.0 Å². The number of likely N-dealkylation sites (tertiary alicyclic amines) is 1. The van der Waals surface area contributed by atoms with Gasteiger partial charge in [0.2, 0.25) is 11.8 Å². The summed E-state index contributed by atoms with van der Waals surface area (Å²) in [6.07, 6.45) is 3.73. The van der Waals surface area contributed by atoms with E-state index in [1.54, 1.807) is 4.90 Å². The minimum absolute atomic E-state index is 0.00388. The van der Waals surface area contributed by atoms with Crippen LogP contribution in [0.4, 0.5) is 0 Å². The lowest BCUT2D eigenvalue weighted by Crippen LogP contribution is -2.50. The molecule has 1 aromatic rings. The third-order valence-electron chi connectivity index (χ3n) is 4.64. The molecule has 0 aliphatic carbocycles. The molecule has 3 rings (SSSR count). The van der Waals surface area contributed by atoms with Crippen LogP contribution in [0.2, 0.25) is 0 Å². The van der Waals surface area contributed by atoms with Crippen LogP contribution in [0.3, 0.4) is 0 Å². The molecule has 0 aromatic heterocycles. The molecule has 2 aliphatic rings. The van der Waals surface area contributed by atoms with E-state index >= 15 is 0 Å². The number of carbonyl (C=O) groups is 2. The van der Waals surface area contributed by atoms with Crippen molar-refractivity contribution in [2.24, 2.45) is 0 Å². The molecule has 2 aliphatic heterocycles. The number of rotatable bonds is 4. The van der Waals surface area contributed by atoms with Crippen LogP contribution in [-0.2, 0) is 20.7 Å². The number of benzene rings is 1. The van der Waals surface area contributed by atoms with Gasteiger partial charge in [0.25, 0.3) is 0 Å². The molecule has 5 heteroatoms. The van der Waals surface area contributed by atoms with Gasteiger partial charge in [-0.2, -0.15) is 0 Å². The predicted molar refractivity (Wildman–Crippen MR) is 86.9 cm³/mol. The summed E-state index contributed by atoms with van der Waals surface area (Å²) in [5.74, 6) is 0.0386. The van der Waals surface area contributed by atoms with Gasteiger partial charge in [0, 0.05) is 25.8 Å². The van der Waals surface area contributed by atoms with Gasteiger partial charge in [0.05, 0.1) is 6.42 Å². The fourth-order valence-corrected chi connectivity index (χ4v) is 3.35. The summed E-state index contributed by atoms with van der Waals surface area (Å²) in [5.41, 5.74) is 0.994. The van der Waals surface area contributed by atoms with Crippen LogP contribution < -0.4 is 5.32 Å². The molecule has 0 spiro atoms. The fraction of sp³-hybridized carbons (Fsp3) is 0.556. The van der Waals surface area contributed by atoms with E-state index in [-0.39, 0.29) is 23.9 Å². The van der Waals surface area contributed by atoms with Crippen LogP contribution in [0, 0.1) is 0 Å². The zero-order chi connectivity index (χ0) is 16.1. The molecule has 0 bridgehead atoms. The summed E-state index contributed by atoms with van der Waals surface area (Å²) in [6, 6.07) is 9.57. The topological polar surface area (TPSA) is 58.6 Å². The average Bonchev–Trinajstić information content (AvgIpc) is 3.06. The highest BCUT2D eigenvalue weighted by molar-refractivity contribution is 5.89. The van der Waals surface area contributed by atoms with Gasteiger partial charge in [0.1, 0.15) is 6.04 Å². The second-order valence-electron chi connectivity index (χ2n) is 6.30. The first-order valence-electron chi connectivity index (χ1n) is 8.45. The Labute approximate surface area is 137 Å². The molecule has 1 atom stereocenters. The van der Waals surface area contributed by atoms with E-state index in [2.05, 4.69) is 5.32 Å². The summed E-state index contributed by atoms with van der Waals surface area (Å²) in [4.78, 5) is 26.8. The third-order valence-corrected chi connectivity index (χ3v) is 4.64. The van der Waals surface area contributed by atoms with Gasteiger partial charge in [-0.15, -0.1) is 0 Å². The Kier molecular flexibility index (Phi) is 5.28. The van der Waals surface area contributed by atoms with Crippen LogP contribution in [-0.4, -0.2) is 48.6 Å². The SMILES string of the molecule is O=C(NC1CCOCC1)[C@H]1CCCN1C(=O)Cc1ccccc1. The van der Waals surface area contributed by atoms with Gasteiger partial charge >= 0.3 is 0 Å². The van der Waals surface area contributed by atoms with Crippen LogP contribution in [0.15, 0.2) is 30.3 Å². The maximum absolute atomic E-state index is 12.5. The molecule has 23 heavy (non-hydrogen) atoms. The molecule has 5 nitrogen and oxygen atoms in total. The molecule has 2 saturated heterocycles. The molecule has 1 N–H and O–H groups in total. The Bertz CT molecular complexity index is 540. The summed E-state index contributed by atoms with van der Waals surface area (Å²) in [6.45, 7) is 2.08. The Morgan fingerprint density at radius 1 is 1.13 bits per heavy atom. The van der Waals surface area contributed by atoms with E-state index in [4.69, 9.17) is 4.74 Å². The first-order chi connectivity index (χ1) is 11.2. The fourth-order valence-electron chi connectivity index (χ4n) is 3.35. The summed E-state index contributed by atoms with van der Waals surface area (Å²) in [7, 11) is 0. The normalized spacial score (nSPS) is 22.1. The highest BCUT2D eigenvalue weighted by atomic mass is 16.5. The predicted octanol–water partition coefficient (Wildman–Crippen LogP) is 1.52. The second kappa shape index (κ2) is 7.59. The zero-order valence-corrected chi connectivity index (χ0v) is 13.4. The van der Waals surface area contributed by atoms with Gasteiger partial charge in [-0.05, 0) is 31.2 Å². The van der Waals surface area contributed by atoms with Crippen molar-refractivity contribution in [3.8, 4) is 0 Å². The van der Waals surface area contributed by atoms with Crippen molar-refractivity contribution in [1.29, 1.82) is 0 Å². The number of ether oxygens (including phenoxy) is 1. The Balaban J connectivity index is 1.58. The Morgan fingerprint density at radius 2 is 1.87 bits per heavy atom. The molecule has 124 valence electrons. The second-order valence-corrected chi connectivity index (χ2v) is 6.30. The Hall–Kier alpha value is -1.88. The molecule has 0 unspecified atom stereocenters. The molecule has 2 heterocycles. The average molecular weight is 316 g/mol. The highest BCUT2D eigenvalue weighted by Gasteiger charge is 2.34. The number of nitrogens with one attached hydrogen (secondary N) is 1. The van der Waals surface area contributed by atoms with Crippen molar-refractivity contribution in [1.82, 2.24) is 10.2 Å². The standard InChI is InChI=1S/C18H24N2O3/c21-17(13-14-5-2-1-3-6-14)20-10-4-7-16(20)18(22)19-15-8-11-23-12-9-15/h1-3,5-6,15-16H,4,7-13H2,(H,19,22)/t16-/m1/s1. The zero-order valence-electron chi connectivity index (χ0n) is 13.4. The van der Waals surface area contributed by atoms with Gasteiger partial charge in [-0.3, -0.25) is 9.59 Å². The van der Waals surface area contributed by atoms with Gasteiger partial charge in [-0.1, -0.05) is 30.3 Å². The van der Waals surface area contributed by atoms with Crippen LogP contribution in [0.25, 0.3) is 0 Å². The maximum atomic E-state index is 12.5. The molecular weight excluding hydrogens is 292 g/mol. The van der Waals surface area contributed by atoms with E-state index in [1.165, 1.54) is 0 Å². The maximum Gasteiger partial charge on any atom is 0.243 e. The Morgan fingerprint density at radius 3 is 2.61 bits per heavy atom. The first-order valence-corrected chi connectivity index (χ1v) is 8.45. The van der Waals surface area contributed by atoms with Crippen LogP contribution >= 0.6 is 0 Å². The van der Waals surface area contributed by atoms with Gasteiger partial charge in [0.15, 0.2) is 0 Å². The molecule has 0 radical (unpaired) electrons. The van der Waals surface area contributed by atoms with Crippen molar-refractivity contribution >= 4 is 11.8 Å². The quantitative estimate of drug-likeness (QED) is 0.916. The summed E-state index contributed by atoms with van der Waals surface area (Å²) < 4.78 is 5.32. The molecule has 2 fully saturated rings. The minimum Gasteiger partial charge on any atom is -0.381 e. The van der Waals surface area contributed by atoms with Crippen molar-refractivity contribution in [3.63, 3.8) is 0 Å². The van der Waals surface area contributed by atoms with E-state index in [0.29, 0.717) is 26.2 Å². The number of nitrogens with zero attached hydrogens (tertiary/aromatic N) is 1. The molecule has 2 amide bonds. The third kappa shape index (κ3) is 4.10. The molecule has 1 aromatic carbocycles. The number of hydrogen-bond donors (Lipinski definition) is 1. The van der Waals surface area contributed by atoms with E-state index in [9.17, 15) is 9.59 Å². The lowest BCUT2D eigenvalue weighted by molar-refractivity contribution is -0.138. The summed E-state index contributed by atoms with van der Waals surface area (Å²) in [5, 5.41) is 3.10. The lowest BCUT2D eigenvalue weighted by atomic mass is 10.1.